The summed E-state index contributed by atoms with van der Waals surface area (Å²) >= 11 is 0. The number of carbonyl (C=O) groups is 2. The van der Waals surface area contributed by atoms with Crippen molar-refractivity contribution in [2.45, 2.75) is 56.5 Å². The van der Waals surface area contributed by atoms with E-state index in [4.69, 9.17) is 5.11 Å². The second kappa shape index (κ2) is 6.64. The summed E-state index contributed by atoms with van der Waals surface area (Å²) in [6, 6.07) is -0.470. The van der Waals surface area contributed by atoms with Crippen molar-refractivity contribution in [3.05, 3.63) is 0 Å². The molecule has 0 aromatic rings. The van der Waals surface area contributed by atoms with Crippen LogP contribution in [0.5, 0.6) is 0 Å². The van der Waals surface area contributed by atoms with Gasteiger partial charge in [0.15, 0.2) is 0 Å². The Morgan fingerprint density at radius 2 is 1.86 bits per heavy atom. The normalized spacial score (nSPS) is 27.8. The van der Waals surface area contributed by atoms with Gasteiger partial charge in [-0.2, -0.15) is 0 Å². The van der Waals surface area contributed by atoms with Crippen molar-refractivity contribution in [2.75, 3.05) is 20.6 Å². The maximum Gasteiger partial charge on any atom is 0.315 e. The number of likely N-dealkylation sites (N-methyl/N-ethyl adjacent to an activating group) is 1. The van der Waals surface area contributed by atoms with E-state index < -0.39 is 11.9 Å². The molecule has 2 aliphatic rings. The summed E-state index contributed by atoms with van der Waals surface area (Å²) in [4.78, 5) is 25.4. The summed E-state index contributed by atoms with van der Waals surface area (Å²) < 4.78 is 0. The summed E-state index contributed by atoms with van der Waals surface area (Å²) in [5.74, 6) is -1.25. The number of rotatable bonds is 5. The molecule has 6 nitrogen and oxygen atoms in total. The van der Waals surface area contributed by atoms with Crippen LogP contribution in [0.2, 0.25) is 0 Å². The predicted molar refractivity (Wildman–Crippen MR) is 80.2 cm³/mol. The van der Waals surface area contributed by atoms with Crippen LogP contribution >= 0.6 is 0 Å². The average molecular weight is 297 g/mol. The topological polar surface area (TPSA) is 81.7 Å². The first-order valence-electron chi connectivity index (χ1n) is 7.89. The molecule has 21 heavy (non-hydrogen) atoms. The second-order valence-electron chi connectivity index (χ2n) is 6.64. The van der Waals surface area contributed by atoms with E-state index in [1.807, 2.05) is 0 Å². The maximum absolute atomic E-state index is 12.1. The lowest BCUT2D eigenvalue weighted by Crippen LogP contribution is -2.54. The maximum atomic E-state index is 12.1. The highest BCUT2D eigenvalue weighted by Gasteiger charge is 2.37. The minimum atomic E-state index is -0.807. The molecule has 2 atom stereocenters. The molecule has 0 bridgehead atoms. The number of urea groups is 1. The van der Waals surface area contributed by atoms with E-state index >= 15 is 0 Å². The van der Waals surface area contributed by atoms with Crippen molar-refractivity contribution in [1.82, 2.24) is 15.5 Å². The van der Waals surface area contributed by atoms with Gasteiger partial charge < -0.3 is 20.6 Å². The van der Waals surface area contributed by atoms with E-state index in [1.54, 1.807) is 0 Å². The Hall–Kier alpha value is -1.30. The van der Waals surface area contributed by atoms with Gasteiger partial charge in [0.2, 0.25) is 0 Å². The van der Waals surface area contributed by atoms with E-state index in [0.717, 1.165) is 25.7 Å². The first-order valence-corrected chi connectivity index (χ1v) is 7.89. The molecule has 0 saturated heterocycles. The molecule has 0 aromatic heterocycles. The first kappa shape index (κ1) is 16.1. The summed E-state index contributed by atoms with van der Waals surface area (Å²) in [7, 11) is 4.12. The lowest BCUT2D eigenvalue weighted by atomic mass is 9.96. The van der Waals surface area contributed by atoms with Gasteiger partial charge in [-0.05, 0) is 39.8 Å². The molecule has 3 N–H and O–H groups in total. The first-order chi connectivity index (χ1) is 9.94. The molecule has 2 fully saturated rings. The van der Waals surface area contributed by atoms with Gasteiger partial charge in [-0.3, -0.25) is 4.79 Å². The third kappa shape index (κ3) is 3.67. The fourth-order valence-corrected chi connectivity index (χ4v) is 3.71. The van der Waals surface area contributed by atoms with E-state index in [-0.39, 0.29) is 17.6 Å². The Labute approximate surface area is 126 Å². The number of carboxylic acid groups (broad SMARTS) is 1. The van der Waals surface area contributed by atoms with E-state index in [2.05, 4.69) is 29.6 Å². The van der Waals surface area contributed by atoms with Gasteiger partial charge in [-0.15, -0.1) is 0 Å². The van der Waals surface area contributed by atoms with Crippen molar-refractivity contribution in [3.8, 4) is 0 Å². The van der Waals surface area contributed by atoms with Crippen LogP contribution in [0.4, 0.5) is 4.79 Å². The van der Waals surface area contributed by atoms with Gasteiger partial charge in [-0.25, -0.2) is 4.79 Å². The Kier molecular flexibility index (Phi) is 5.08. The third-order valence-electron chi connectivity index (χ3n) is 5.21. The molecular formula is C15H27N3O3. The molecule has 0 aliphatic heterocycles. The Bertz CT molecular complexity index is 392. The van der Waals surface area contributed by atoms with Crippen LogP contribution in [0.15, 0.2) is 0 Å². The lowest BCUT2D eigenvalue weighted by molar-refractivity contribution is -0.142. The van der Waals surface area contributed by atoms with Crippen LogP contribution in [-0.4, -0.2) is 54.2 Å². The third-order valence-corrected chi connectivity index (χ3v) is 5.21. The fourth-order valence-electron chi connectivity index (χ4n) is 3.71. The summed E-state index contributed by atoms with van der Waals surface area (Å²) in [5.41, 5.74) is 0.0548. The van der Waals surface area contributed by atoms with Crippen molar-refractivity contribution in [1.29, 1.82) is 0 Å². The SMILES string of the molecule is CN(C)C1(CNC(=O)NC2CCCC2C(=O)O)CCCC1. The van der Waals surface area contributed by atoms with Crippen molar-refractivity contribution >= 4 is 12.0 Å². The van der Waals surface area contributed by atoms with Gasteiger partial charge in [0.05, 0.1) is 5.92 Å². The van der Waals surface area contributed by atoms with Crippen molar-refractivity contribution in [3.63, 3.8) is 0 Å². The Morgan fingerprint density at radius 1 is 1.19 bits per heavy atom. The standard InChI is InChI=1S/C15H27N3O3/c1-18(2)15(8-3-4-9-15)10-16-14(21)17-12-7-5-6-11(12)13(19)20/h11-12H,3-10H2,1-2H3,(H,19,20)(H2,16,17,21). The molecule has 0 heterocycles. The summed E-state index contributed by atoms with van der Waals surface area (Å²) in [6.07, 6.45) is 6.87. The number of nitrogens with one attached hydrogen (secondary N) is 2. The van der Waals surface area contributed by atoms with Crippen LogP contribution in [-0.2, 0) is 4.79 Å². The molecule has 2 rings (SSSR count). The number of amides is 2. The van der Waals surface area contributed by atoms with Gasteiger partial charge in [-0.1, -0.05) is 19.3 Å². The van der Waals surface area contributed by atoms with Crippen LogP contribution in [0.1, 0.15) is 44.9 Å². The second-order valence-corrected chi connectivity index (χ2v) is 6.64. The number of hydrogen-bond donors (Lipinski definition) is 3. The highest BCUT2D eigenvalue weighted by Crippen LogP contribution is 2.33. The number of nitrogens with zero attached hydrogens (tertiary/aromatic N) is 1. The van der Waals surface area contributed by atoms with Gasteiger partial charge in [0, 0.05) is 18.1 Å². The number of carboxylic acids is 1. The smallest absolute Gasteiger partial charge is 0.315 e. The molecule has 2 amide bonds. The quantitative estimate of drug-likeness (QED) is 0.716. The highest BCUT2D eigenvalue weighted by molar-refractivity contribution is 5.77. The molecule has 2 unspecified atom stereocenters. The van der Waals surface area contributed by atoms with Crippen molar-refractivity contribution in [2.24, 2.45) is 5.92 Å². The zero-order valence-electron chi connectivity index (χ0n) is 13.0. The molecule has 0 spiro atoms. The number of hydrogen-bond acceptors (Lipinski definition) is 3. The Balaban J connectivity index is 1.83. The lowest BCUT2D eigenvalue weighted by Gasteiger charge is -2.36. The predicted octanol–water partition coefficient (Wildman–Crippen LogP) is 1.41. The zero-order valence-corrected chi connectivity index (χ0v) is 13.0. The van der Waals surface area contributed by atoms with Crippen LogP contribution in [0.25, 0.3) is 0 Å². The molecular weight excluding hydrogens is 270 g/mol. The zero-order chi connectivity index (χ0) is 15.5. The average Bonchev–Trinajstić information content (AvgIpc) is 3.05. The summed E-state index contributed by atoms with van der Waals surface area (Å²) in [6.45, 7) is 0.621. The Morgan fingerprint density at radius 3 is 2.43 bits per heavy atom. The van der Waals surface area contributed by atoms with Crippen LogP contribution in [0.3, 0.4) is 0 Å². The molecule has 0 aromatic carbocycles. The van der Waals surface area contributed by atoms with Gasteiger partial charge >= 0.3 is 12.0 Å². The largest absolute Gasteiger partial charge is 0.481 e. The van der Waals surface area contributed by atoms with Crippen LogP contribution in [0, 0.1) is 5.92 Å². The van der Waals surface area contributed by atoms with E-state index in [1.165, 1.54) is 12.8 Å². The van der Waals surface area contributed by atoms with E-state index in [0.29, 0.717) is 13.0 Å². The minimum absolute atomic E-state index is 0.0548. The highest BCUT2D eigenvalue weighted by atomic mass is 16.4. The fraction of sp³-hybridized carbons (Fsp3) is 0.867. The molecule has 6 heteroatoms. The van der Waals surface area contributed by atoms with E-state index in [9.17, 15) is 9.59 Å². The van der Waals surface area contributed by atoms with Crippen molar-refractivity contribution < 1.29 is 14.7 Å². The molecule has 0 radical (unpaired) electrons. The molecule has 120 valence electrons. The molecule has 2 saturated carbocycles. The number of aliphatic carboxylic acids is 1. The van der Waals surface area contributed by atoms with Crippen LogP contribution < -0.4 is 10.6 Å². The minimum Gasteiger partial charge on any atom is -0.481 e. The monoisotopic (exact) mass is 297 g/mol. The summed E-state index contributed by atoms with van der Waals surface area (Å²) in [5, 5.41) is 14.9. The van der Waals surface area contributed by atoms with Gasteiger partial charge in [0.25, 0.3) is 0 Å². The molecule has 2 aliphatic carbocycles. The number of carbonyl (C=O) groups excluding carboxylic acids is 1. The van der Waals surface area contributed by atoms with Gasteiger partial charge in [0.1, 0.15) is 0 Å².